The summed E-state index contributed by atoms with van der Waals surface area (Å²) in [6.07, 6.45) is 3.78. The van der Waals surface area contributed by atoms with Gasteiger partial charge in [0.25, 0.3) is 5.91 Å². The highest BCUT2D eigenvalue weighted by Gasteiger charge is 2.35. The van der Waals surface area contributed by atoms with Crippen molar-refractivity contribution in [2.45, 2.75) is 39.2 Å². The summed E-state index contributed by atoms with van der Waals surface area (Å²) in [5.41, 5.74) is 5.25. The molecule has 3 heterocycles. The summed E-state index contributed by atoms with van der Waals surface area (Å²) in [5, 5.41) is 8.09. The monoisotopic (exact) mass is 420 g/mol. The highest BCUT2D eigenvalue weighted by molar-refractivity contribution is 6.30. The molecular formula is C24H25ClN4O. The highest BCUT2D eigenvalue weighted by atomic mass is 35.5. The van der Waals surface area contributed by atoms with E-state index >= 15 is 0 Å². The van der Waals surface area contributed by atoms with Crippen molar-refractivity contribution in [3.8, 4) is 11.4 Å². The summed E-state index contributed by atoms with van der Waals surface area (Å²) in [4.78, 5) is 19.5. The number of carbonyl (C=O) groups excluding carboxylic acids is 1. The summed E-state index contributed by atoms with van der Waals surface area (Å²) >= 11 is 6.07. The number of aromatic nitrogens is 3. The Morgan fingerprint density at radius 2 is 1.97 bits per heavy atom. The molecule has 3 aromatic rings. The molecule has 1 fully saturated rings. The van der Waals surface area contributed by atoms with E-state index in [1.165, 1.54) is 5.57 Å². The van der Waals surface area contributed by atoms with E-state index in [0.29, 0.717) is 17.1 Å². The van der Waals surface area contributed by atoms with Crippen molar-refractivity contribution in [3.05, 3.63) is 76.1 Å². The van der Waals surface area contributed by atoms with Crippen molar-refractivity contribution in [3.63, 3.8) is 0 Å². The number of hydrogen-bond acceptors (Lipinski definition) is 3. The smallest absolute Gasteiger partial charge is 0.254 e. The van der Waals surface area contributed by atoms with Crippen LogP contribution < -0.4 is 0 Å². The zero-order valence-electron chi connectivity index (χ0n) is 17.4. The first-order valence-corrected chi connectivity index (χ1v) is 10.5. The van der Waals surface area contributed by atoms with Crippen molar-refractivity contribution in [2.75, 3.05) is 6.54 Å². The first-order chi connectivity index (χ1) is 14.3. The first-order valence-electron chi connectivity index (χ1n) is 10.1. The summed E-state index contributed by atoms with van der Waals surface area (Å²) in [6, 6.07) is 15.1. The fraction of sp³-hybridized carbons (Fsp3) is 0.292. The average molecular weight is 421 g/mol. The quantitative estimate of drug-likeness (QED) is 0.605. The third-order valence-corrected chi connectivity index (χ3v) is 5.71. The lowest BCUT2D eigenvalue weighted by molar-refractivity contribution is 0.0502. The Morgan fingerprint density at radius 1 is 1.17 bits per heavy atom. The number of nitrogens with zero attached hydrogens (tertiary/aromatic N) is 3. The van der Waals surface area contributed by atoms with Gasteiger partial charge in [-0.05, 0) is 76.1 Å². The Morgan fingerprint density at radius 3 is 2.70 bits per heavy atom. The van der Waals surface area contributed by atoms with Crippen LogP contribution in [-0.4, -0.2) is 38.1 Å². The van der Waals surface area contributed by atoms with Crippen LogP contribution in [-0.2, 0) is 0 Å². The van der Waals surface area contributed by atoms with Gasteiger partial charge in [0.1, 0.15) is 5.69 Å². The molecule has 1 aromatic carbocycles. The molecule has 5 nitrogen and oxygen atoms in total. The maximum atomic E-state index is 13.0. The number of H-pyrrole nitrogens is 1. The lowest BCUT2D eigenvalue weighted by Crippen LogP contribution is -2.51. The van der Waals surface area contributed by atoms with Crippen LogP contribution in [0, 0.1) is 6.92 Å². The minimum absolute atomic E-state index is 0.0240. The maximum absolute atomic E-state index is 13.0. The van der Waals surface area contributed by atoms with Crippen LogP contribution in [0.15, 0.2) is 54.1 Å². The number of aromatic amines is 1. The molecule has 4 rings (SSSR count). The molecule has 1 aliphatic rings. The molecule has 2 aromatic heterocycles. The van der Waals surface area contributed by atoms with Gasteiger partial charge in [-0.2, -0.15) is 5.10 Å². The van der Waals surface area contributed by atoms with E-state index in [-0.39, 0.29) is 11.4 Å². The molecule has 30 heavy (non-hydrogen) atoms. The van der Waals surface area contributed by atoms with Crippen LogP contribution in [0.25, 0.3) is 17.5 Å². The molecule has 1 saturated heterocycles. The Hall–Kier alpha value is -2.92. The summed E-state index contributed by atoms with van der Waals surface area (Å²) < 4.78 is 0. The van der Waals surface area contributed by atoms with Gasteiger partial charge in [-0.1, -0.05) is 29.3 Å². The van der Waals surface area contributed by atoms with Gasteiger partial charge < -0.3 is 4.90 Å². The molecule has 6 heteroatoms. The predicted molar refractivity (Wildman–Crippen MR) is 120 cm³/mol. The number of hydrogen-bond donors (Lipinski definition) is 1. The molecule has 0 saturated carbocycles. The number of amides is 1. The summed E-state index contributed by atoms with van der Waals surface area (Å²) in [7, 11) is 0. The topological polar surface area (TPSA) is 61.9 Å². The van der Waals surface area contributed by atoms with Gasteiger partial charge in [-0.15, -0.1) is 0 Å². The maximum Gasteiger partial charge on any atom is 0.254 e. The number of aryl methyl sites for hydroxylation is 1. The van der Waals surface area contributed by atoms with E-state index in [1.54, 1.807) is 12.1 Å². The third kappa shape index (κ3) is 4.31. The zero-order valence-corrected chi connectivity index (χ0v) is 18.2. The van der Waals surface area contributed by atoms with Crippen LogP contribution in [0.2, 0.25) is 5.02 Å². The second-order valence-corrected chi connectivity index (χ2v) is 8.82. The van der Waals surface area contributed by atoms with Gasteiger partial charge in [0, 0.05) is 28.4 Å². The van der Waals surface area contributed by atoms with Gasteiger partial charge in [0.05, 0.1) is 11.4 Å². The van der Waals surface area contributed by atoms with Gasteiger partial charge >= 0.3 is 0 Å². The standard InChI is InChI=1S/C24H25ClN4O/c1-16-6-4-9-21(26-16)22-14-20(27-28-22)12-17-10-11-29(24(2,3)15-17)23(30)18-7-5-8-19(25)13-18/h4-9,12-14H,10-11,15H2,1-3H3,(H,27,28)/b17-12+. The second kappa shape index (κ2) is 8.07. The average Bonchev–Trinajstić information content (AvgIpc) is 3.15. The molecule has 0 bridgehead atoms. The van der Waals surface area contributed by atoms with E-state index in [1.807, 2.05) is 48.2 Å². The zero-order chi connectivity index (χ0) is 21.3. The van der Waals surface area contributed by atoms with E-state index in [2.05, 4.69) is 35.1 Å². The van der Waals surface area contributed by atoms with Gasteiger partial charge in [-0.3, -0.25) is 14.9 Å². The number of halogens is 1. The predicted octanol–water partition coefficient (Wildman–Crippen LogP) is 5.53. The first kappa shape index (κ1) is 20.4. The number of pyridine rings is 1. The van der Waals surface area contributed by atoms with Gasteiger partial charge in [0.15, 0.2) is 0 Å². The van der Waals surface area contributed by atoms with Gasteiger partial charge in [0.2, 0.25) is 0 Å². The molecule has 1 N–H and O–H groups in total. The van der Waals surface area contributed by atoms with Crippen LogP contribution in [0.4, 0.5) is 0 Å². The number of rotatable bonds is 3. The van der Waals surface area contributed by atoms with Crippen LogP contribution in [0.1, 0.15) is 48.4 Å². The number of carbonyl (C=O) groups is 1. The normalized spacial score (nSPS) is 17.3. The molecule has 1 aliphatic heterocycles. The van der Waals surface area contributed by atoms with Crippen molar-refractivity contribution in [1.82, 2.24) is 20.1 Å². The largest absolute Gasteiger partial charge is 0.333 e. The lowest BCUT2D eigenvalue weighted by atomic mass is 9.85. The lowest BCUT2D eigenvalue weighted by Gasteiger charge is -2.43. The Bertz CT molecular complexity index is 1120. The Balaban J connectivity index is 1.51. The number of likely N-dealkylation sites (tertiary alicyclic amines) is 1. The highest BCUT2D eigenvalue weighted by Crippen LogP contribution is 2.33. The molecule has 0 radical (unpaired) electrons. The Labute approximate surface area is 181 Å². The van der Waals surface area contributed by atoms with E-state index in [9.17, 15) is 4.79 Å². The van der Waals surface area contributed by atoms with E-state index in [0.717, 1.165) is 35.6 Å². The molecular weight excluding hydrogens is 396 g/mol. The molecule has 1 amide bonds. The van der Waals surface area contributed by atoms with Gasteiger partial charge in [-0.25, -0.2) is 0 Å². The molecule has 0 spiro atoms. The number of benzene rings is 1. The van der Waals surface area contributed by atoms with Crippen molar-refractivity contribution >= 4 is 23.6 Å². The molecule has 0 aliphatic carbocycles. The van der Waals surface area contributed by atoms with Crippen LogP contribution in [0.5, 0.6) is 0 Å². The number of nitrogens with one attached hydrogen (secondary N) is 1. The van der Waals surface area contributed by atoms with Crippen molar-refractivity contribution in [2.24, 2.45) is 0 Å². The van der Waals surface area contributed by atoms with Crippen LogP contribution >= 0.6 is 11.6 Å². The minimum Gasteiger partial charge on any atom is -0.333 e. The summed E-state index contributed by atoms with van der Waals surface area (Å²) in [6.45, 7) is 6.86. The molecule has 0 atom stereocenters. The summed E-state index contributed by atoms with van der Waals surface area (Å²) in [5.74, 6) is 0.0240. The third-order valence-electron chi connectivity index (χ3n) is 5.47. The Kier molecular flexibility index (Phi) is 5.48. The fourth-order valence-electron chi connectivity index (χ4n) is 4.02. The van der Waals surface area contributed by atoms with Crippen LogP contribution in [0.3, 0.4) is 0 Å². The van der Waals surface area contributed by atoms with E-state index in [4.69, 9.17) is 11.6 Å². The molecule has 154 valence electrons. The minimum atomic E-state index is -0.287. The van der Waals surface area contributed by atoms with Crippen molar-refractivity contribution in [1.29, 1.82) is 0 Å². The second-order valence-electron chi connectivity index (χ2n) is 8.38. The SMILES string of the molecule is Cc1cccc(-c2cc(/C=C3\CCN(C(=O)c4cccc(Cl)c4)C(C)(C)C3)[nH]n2)n1. The van der Waals surface area contributed by atoms with Crippen molar-refractivity contribution < 1.29 is 4.79 Å². The van der Waals surface area contributed by atoms with E-state index < -0.39 is 0 Å². The molecule has 0 unspecified atom stereocenters. The number of piperidine rings is 1. The fourth-order valence-corrected chi connectivity index (χ4v) is 4.21.